The van der Waals surface area contributed by atoms with Gasteiger partial charge in [-0.25, -0.2) is 0 Å². The summed E-state index contributed by atoms with van der Waals surface area (Å²) in [5.41, 5.74) is 1.28. The van der Waals surface area contributed by atoms with Crippen LogP contribution in [-0.4, -0.2) is 73.1 Å². The van der Waals surface area contributed by atoms with E-state index >= 15 is 0 Å². The van der Waals surface area contributed by atoms with Gasteiger partial charge in [0, 0.05) is 63.7 Å². The van der Waals surface area contributed by atoms with E-state index in [1.165, 1.54) is 24.9 Å². The second-order valence-electron chi connectivity index (χ2n) is 9.73. The molecule has 3 fully saturated rings. The molecule has 1 aromatic heterocycles. The molecular weight excluding hydrogens is 458 g/mol. The summed E-state index contributed by atoms with van der Waals surface area (Å²) >= 11 is 5.57. The van der Waals surface area contributed by atoms with E-state index in [9.17, 15) is 0 Å². The Labute approximate surface area is 214 Å². The highest BCUT2D eigenvalue weighted by Gasteiger charge is 2.24. The van der Waals surface area contributed by atoms with Gasteiger partial charge in [-0.05, 0) is 63.4 Å². The fourth-order valence-corrected chi connectivity index (χ4v) is 5.39. The maximum absolute atomic E-state index is 5.70. The van der Waals surface area contributed by atoms with Gasteiger partial charge in [0.15, 0.2) is 5.11 Å². The van der Waals surface area contributed by atoms with E-state index in [0.29, 0.717) is 23.6 Å². The summed E-state index contributed by atoms with van der Waals surface area (Å²) in [5, 5.41) is 7.08. The van der Waals surface area contributed by atoms with Crippen molar-refractivity contribution in [3.8, 4) is 0 Å². The van der Waals surface area contributed by atoms with E-state index in [0.717, 1.165) is 63.8 Å². The lowest BCUT2D eigenvalue weighted by Gasteiger charge is -2.38. The van der Waals surface area contributed by atoms with Crippen molar-refractivity contribution in [1.82, 2.24) is 15.3 Å². The third-order valence-corrected chi connectivity index (χ3v) is 7.51. The molecule has 0 aliphatic carbocycles. The van der Waals surface area contributed by atoms with Crippen LogP contribution in [0.25, 0.3) is 0 Å². The van der Waals surface area contributed by atoms with Crippen LogP contribution in [0.4, 0.5) is 23.3 Å². The minimum absolute atomic E-state index is 0.229. The standard InChI is InChI=1S/C26H37N7OS/c1-20-8-5-6-12-33(20)24-18-23(32-15-13-31(14-16-32)21-9-3-2-4-10-21)28-25(29-24)30-26(35)27-19-22-11-7-17-34-22/h2-4,9-10,18,20,22H,5-8,11-17,19H2,1H3,(H2,27,28,29,30,35)/t20-,22+/m1/s1. The number of benzene rings is 1. The molecule has 0 spiro atoms. The first-order valence-corrected chi connectivity index (χ1v) is 13.4. The number of nitrogens with zero attached hydrogens (tertiary/aromatic N) is 5. The van der Waals surface area contributed by atoms with Crippen molar-refractivity contribution in [1.29, 1.82) is 0 Å². The van der Waals surface area contributed by atoms with Crippen molar-refractivity contribution in [2.24, 2.45) is 0 Å². The second kappa shape index (κ2) is 11.4. The Morgan fingerprint density at radius 2 is 1.74 bits per heavy atom. The fourth-order valence-electron chi connectivity index (χ4n) is 5.22. The van der Waals surface area contributed by atoms with Gasteiger partial charge in [-0.1, -0.05) is 18.2 Å². The quantitative estimate of drug-likeness (QED) is 0.585. The number of piperazine rings is 1. The van der Waals surface area contributed by atoms with Crippen LogP contribution in [0, 0.1) is 0 Å². The van der Waals surface area contributed by atoms with Crippen LogP contribution in [-0.2, 0) is 4.74 Å². The number of para-hydroxylation sites is 1. The Hall–Kier alpha value is -2.65. The van der Waals surface area contributed by atoms with Gasteiger partial charge in [0.1, 0.15) is 11.6 Å². The molecule has 0 saturated carbocycles. The van der Waals surface area contributed by atoms with Gasteiger partial charge in [-0.2, -0.15) is 9.97 Å². The Bertz CT molecular complexity index is 977. The Morgan fingerprint density at radius 1 is 0.971 bits per heavy atom. The van der Waals surface area contributed by atoms with Crippen molar-refractivity contribution in [3.63, 3.8) is 0 Å². The summed E-state index contributed by atoms with van der Waals surface area (Å²) in [7, 11) is 0. The molecule has 188 valence electrons. The minimum atomic E-state index is 0.229. The van der Waals surface area contributed by atoms with E-state index in [2.05, 4.69) is 68.7 Å². The van der Waals surface area contributed by atoms with Crippen LogP contribution in [0.5, 0.6) is 0 Å². The maximum Gasteiger partial charge on any atom is 0.232 e. The van der Waals surface area contributed by atoms with Crippen molar-refractivity contribution in [2.45, 2.75) is 51.2 Å². The number of thiocarbonyl (C=S) groups is 1. The SMILES string of the molecule is C[C@@H]1CCCCN1c1cc(N2CCN(c3ccccc3)CC2)nc(NC(=S)NC[C@@H]2CCCO2)n1. The largest absolute Gasteiger partial charge is 0.376 e. The van der Waals surface area contributed by atoms with Crippen LogP contribution < -0.4 is 25.3 Å². The first-order chi connectivity index (χ1) is 17.2. The van der Waals surface area contributed by atoms with Gasteiger partial charge in [0.05, 0.1) is 6.10 Å². The van der Waals surface area contributed by atoms with Gasteiger partial charge >= 0.3 is 0 Å². The summed E-state index contributed by atoms with van der Waals surface area (Å²) in [4.78, 5) is 17.0. The molecule has 3 aliphatic heterocycles. The number of hydrogen-bond donors (Lipinski definition) is 2. The zero-order valence-corrected chi connectivity index (χ0v) is 21.5. The highest BCUT2D eigenvalue weighted by molar-refractivity contribution is 7.80. The Kier molecular flexibility index (Phi) is 7.83. The van der Waals surface area contributed by atoms with E-state index in [4.69, 9.17) is 26.9 Å². The molecule has 1 aromatic carbocycles. The zero-order chi connectivity index (χ0) is 24.0. The topological polar surface area (TPSA) is 68.8 Å². The van der Waals surface area contributed by atoms with E-state index < -0.39 is 0 Å². The first-order valence-electron chi connectivity index (χ1n) is 13.0. The molecule has 35 heavy (non-hydrogen) atoms. The summed E-state index contributed by atoms with van der Waals surface area (Å²) in [6, 6.07) is 13.3. The average Bonchev–Trinajstić information content (AvgIpc) is 3.42. The number of rotatable bonds is 6. The molecule has 8 nitrogen and oxygen atoms in total. The first kappa shape index (κ1) is 24.1. The summed E-state index contributed by atoms with van der Waals surface area (Å²) < 4.78 is 5.70. The predicted octanol–water partition coefficient (Wildman–Crippen LogP) is 3.65. The van der Waals surface area contributed by atoms with E-state index in [-0.39, 0.29) is 6.10 Å². The fraction of sp³-hybridized carbons (Fsp3) is 0.577. The van der Waals surface area contributed by atoms with Gasteiger partial charge in [-0.15, -0.1) is 0 Å². The second-order valence-corrected chi connectivity index (χ2v) is 10.1. The number of nitrogens with one attached hydrogen (secondary N) is 2. The Morgan fingerprint density at radius 3 is 2.49 bits per heavy atom. The summed E-state index contributed by atoms with van der Waals surface area (Å²) in [6.07, 6.45) is 6.09. The Balaban J connectivity index is 1.30. The molecule has 0 bridgehead atoms. The normalized spacial score (nSPS) is 22.8. The number of piperidine rings is 1. The lowest BCUT2D eigenvalue weighted by molar-refractivity contribution is 0.114. The number of hydrogen-bond acceptors (Lipinski definition) is 7. The van der Waals surface area contributed by atoms with Crippen LogP contribution in [0.15, 0.2) is 36.4 Å². The molecule has 3 saturated heterocycles. The van der Waals surface area contributed by atoms with E-state index in [1.54, 1.807) is 0 Å². The lowest BCUT2D eigenvalue weighted by Crippen LogP contribution is -2.47. The molecule has 3 aliphatic rings. The van der Waals surface area contributed by atoms with Crippen molar-refractivity contribution in [3.05, 3.63) is 36.4 Å². The van der Waals surface area contributed by atoms with E-state index in [1.807, 2.05) is 0 Å². The number of aromatic nitrogens is 2. The van der Waals surface area contributed by atoms with Crippen molar-refractivity contribution >= 4 is 40.6 Å². The zero-order valence-electron chi connectivity index (χ0n) is 20.7. The van der Waals surface area contributed by atoms with Gasteiger partial charge in [0.2, 0.25) is 5.95 Å². The minimum Gasteiger partial charge on any atom is -0.376 e. The van der Waals surface area contributed by atoms with Crippen LogP contribution in [0.1, 0.15) is 39.0 Å². The monoisotopic (exact) mass is 495 g/mol. The molecule has 9 heteroatoms. The molecule has 0 unspecified atom stereocenters. The highest BCUT2D eigenvalue weighted by atomic mass is 32.1. The van der Waals surface area contributed by atoms with Crippen LogP contribution in [0.2, 0.25) is 0 Å². The molecule has 5 rings (SSSR count). The highest BCUT2D eigenvalue weighted by Crippen LogP contribution is 2.28. The van der Waals surface area contributed by atoms with Gasteiger partial charge < -0.3 is 30.1 Å². The molecule has 2 aromatic rings. The summed E-state index contributed by atoms with van der Waals surface area (Å²) in [5.74, 6) is 2.51. The number of anilines is 4. The van der Waals surface area contributed by atoms with Gasteiger partial charge in [-0.3, -0.25) is 0 Å². The molecular formula is C26H37N7OS. The average molecular weight is 496 g/mol. The maximum atomic E-state index is 5.70. The third kappa shape index (κ3) is 6.13. The van der Waals surface area contributed by atoms with Crippen LogP contribution in [0.3, 0.4) is 0 Å². The molecule has 0 amide bonds. The number of ether oxygens (including phenoxy) is 1. The van der Waals surface area contributed by atoms with Crippen molar-refractivity contribution < 1.29 is 4.74 Å². The van der Waals surface area contributed by atoms with Gasteiger partial charge in [0.25, 0.3) is 0 Å². The lowest BCUT2D eigenvalue weighted by atomic mass is 10.0. The smallest absolute Gasteiger partial charge is 0.232 e. The molecule has 4 heterocycles. The third-order valence-electron chi connectivity index (χ3n) is 7.26. The van der Waals surface area contributed by atoms with Crippen molar-refractivity contribution in [2.75, 3.05) is 65.9 Å². The van der Waals surface area contributed by atoms with Crippen LogP contribution >= 0.6 is 12.2 Å². The molecule has 2 N–H and O–H groups in total. The summed E-state index contributed by atoms with van der Waals surface area (Å²) in [6.45, 7) is 8.64. The predicted molar refractivity (Wildman–Crippen MR) is 147 cm³/mol. The molecule has 0 radical (unpaired) electrons. The molecule has 2 atom stereocenters.